The first-order chi connectivity index (χ1) is 15.5. The fourth-order valence-electron chi connectivity index (χ4n) is 3.28. The summed E-state index contributed by atoms with van der Waals surface area (Å²) in [6.45, 7) is 0. The maximum Gasteiger partial charge on any atom is 0.340 e. The second-order valence-corrected chi connectivity index (χ2v) is 7.71. The number of thiophene rings is 1. The predicted octanol–water partition coefficient (Wildman–Crippen LogP) is 4.44. The Morgan fingerprint density at radius 3 is 2.31 bits per heavy atom. The van der Waals surface area contributed by atoms with E-state index in [1.807, 2.05) is 35.7 Å². The molecular weight excluding hydrogens is 428 g/mol. The largest absolute Gasteiger partial charge is 0.502 e. The zero-order chi connectivity index (χ0) is 22.7. The fraction of sp³-hybridized carbons (Fsp3) is 0.0833. The lowest BCUT2D eigenvalue weighted by Gasteiger charge is -2.09. The molecule has 0 unspecified atom stereocenters. The highest BCUT2D eigenvalue weighted by atomic mass is 32.1. The second kappa shape index (κ2) is 8.99. The van der Waals surface area contributed by atoms with Crippen LogP contribution < -0.4 is 15.2 Å². The molecule has 0 spiro atoms. The first kappa shape index (κ1) is 21.2. The number of benzene rings is 2. The van der Waals surface area contributed by atoms with Gasteiger partial charge in [0.05, 0.1) is 30.5 Å². The van der Waals surface area contributed by atoms with Gasteiger partial charge >= 0.3 is 5.69 Å². The number of nitrogens with zero attached hydrogens (tertiary/aromatic N) is 2. The topological polar surface area (TPSA) is 82.7 Å². The van der Waals surface area contributed by atoms with E-state index in [-0.39, 0.29) is 17.2 Å². The molecular formula is C24H20N2O5S. The predicted molar refractivity (Wildman–Crippen MR) is 124 cm³/mol. The van der Waals surface area contributed by atoms with Crippen molar-refractivity contribution in [1.82, 2.24) is 9.13 Å². The van der Waals surface area contributed by atoms with Crippen molar-refractivity contribution >= 4 is 23.3 Å². The van der Waals surface area contributed by atoms with E-state index in [1.54, 1.807) is 30.5 Å². The van der Waals surface area contributed by atoms with Crippen LogP contribution in [-0.4, -0.2) is 34.4 Å². The lowest BCUT2D eigenvalue weighted by atomic mass is 10.1. The molecule has 1 N–H and O–H groups in total. The summed E-state index contributed by atoms with van der Waals surface area (Å²) in [6, 6.07) is 16.0. The van der Waals surface area contributed by atoms with Gasteiger partial charge in [-0.3, -0.25) is 9.36 Å². The van der Waals surface area contributed by atoms with E-state index in [2.05, 4.69) is 0 Å². The summed E-state index contributed by atoms with van der Waals surface area (Å²) in [7, 11) is 2.85. The molecule has 162 valence electrons. The molecule has 7 nitrogen and oxygen atoms in total. The first-order valence-electron chi connectivity index (χ1n) is 9.64. The van der Waals surface area contributed by atoms with Crippen LogP contribution in [0.2, 0.25) is 0 Å². The van der Waals surface area contributed by atoms with E-state index in [1.165, 1.54) is 42.3 Å². The molecule has 0 fully saturated rings. The van der Waals surface area contributed by atoms with Gasteiger partial charge in [-0.25, -0.2) is 9.36 Å². The number of aromatic hydroxyl groups is 1. The van der Waals surface area contributed by atoms with Crippen molar-refractivity contribution in [3.63, 3.8) is 0 Å². The Hall–Kier alpha value is -4.04. The van der Waals surface area contributed by atoms with Gasteiger partial charge in [-0.2, -0.15) is 0 Å². The van der Waals surface area contributed by atoms with Gasteiger partial charge in [0.2, 0.25) is 5.75 Å². The molecule has 4 aromatic rings. The van der Waals surface area contributed by atoms with E-state index < -0.39 is 11.6 Å². The van der Waals surface area contributed by atoms with Gasteiger partial charge in [0.1, 0.15) is 0 Å². The number of aromatic nitrogens is 2. The summed E-state index contributed by atoms with van der Waals surface area (Å²) in [5.41, 5.74) is 1.27. The molecule has 2 aromatic carbocycles. The van der Waals surface area contributed by atoms with Crippen molar-refractivity contribution in [1.29, 1.82) is 0 Å². The molecule has 0 saturated heterocycles. The van der Waals surface area contributed by atoms with E-state index in [4.69, 9.17) is 9.47 Å². The van der Waals surface area contributed by atoms with Crippen LogP contribution in [0.3, 0.4) is 0 Å². The minimum absolute atomic E-state index is 0.130. The number of carbonyl (C=O) groups excluding carboxylic acids is 1. The van der Waals surface area contributed by atoms with E-state index in [0.29, 0.717) is 16.9 Å². The Morgan fingerprint density at radius 1 is 1.03 bits per heavy atom. The lowest BCUT2D eigenvalue weighted by molar-refractivity contribution is 0.0967. The third kappa shape index (κ3) is 3.95. The number of phenols is 1. The standard InChI is InChI=1S/C24H20N2O5S/c1-30-19-13-16(14-20(31-2)23(19)28)10-11-22(27)26-18(21-9-6-12-32-21)15-25(24(26)29)17-7-4-3-5-8-17/h3-15,28H,1-2H3/b11-10+. The molecule has 4 rings (SSSR count). The highest BCUT2D eigenvalue weighted by Gasteiger charge is 2.19. The van der Waals surface area contributed by atoms with Gasteiger partial charge in [-0.05, 0) is 47.4 Å². The molecule has 0 amide bonds. The number of imidazole rings is 1. The Balaban J connectivity index is 1.77. The normalized spacial score (nSPS) is 11.1. The van der Waals surface area contributed by atoms with Gasteiger partial charge in [0.15, 0.2) is 11.5 Å². The molecule has 0 aliphatic carbocycles. The number of ether oxygens (including phenoxy) is 2. The Bertz CT molecular complexity index is 1310. The lowest BCUT2D eigenvalue weighted by Crippen LogP contribution is -2.27. The van der Waals surface area contributed by atoms with Gasteiger partial charge in [-0.15, -0.1) is 11.3 Å². The van der Waals surface area contributed by atoms with E-state index in [0.717, 1.165) is 9.44 Å². The molecule has 0 atom stereocenters. The van der Waals surface area contributed by atoms with Gasteiger partial charge in [-0.1, -0.05) is 24.3 Å². The minimum Gasteiger partial charge on any atom is -0.502 e. The van der Waals surface area contributed by atoms with E-state index in [9.17, 15) is 14.7 Å². The summed E-state index contributed by atoms with van der Waals surface area (Å²) in [4.78, 5) is 27.1. The third-order valence-electron chi connectivity index (χ3n) is 4.84. The zero-order valence-corrected chi connectivity index (χ0v) is 18.2. The zero-order valence-electron chi connectivity index (χ0n) is 17.4. The monoisotopic (exact) mass is 448 g/mol. The second-order valence-electron chi connectivity index (χ2n) is 6.76. The maximum atomic E-state index is 13.2. The van der Waals surface area contributed by atoms with Crippen molar-refractivity contribution in [2.75, 3.05) is 14.2 Å². The molecule has 2 heterocycles. The number of rotatable bonds is 6. The quantitative estimate of drug-likeness (QED) is 0.441. The Morgan fingerprint density at radius 2 is 1.72 bits per heavy atom. The highest BCUT2D eigenvalue weighted by Crippen LogP contribution is 2.37. The van der Waals surface area contributed by atoms with Gasteiger partial charge < -0.3 is 14.6 Å². The minimum atomic E-state index is -0.501. The van der Waals surface area contributed by atoms with Crippen LogP contribution in [-0.2, 0) is 0 Å². The highest BCUT2D eigenvalue weighted by molar-refractivity contribution is 7.13. The summed E-state index contributed by atoms with van der Waals surface area (Å²) >= 11 is 1.44. The smallest absolute Gasteiger partial charge is 0.340 e. The summed E-state index contributed by atoms with van der Waals surface area (Å²) in [5.74, 6) is -0.208. The van der Waals surface area contributed by atoms with Crippen LogP contribution in [0.25, 0.3) is 22.3 Å². The van der Waals surface area contributed by atoms with Crippen LogP contribution in [0, 0.1) is 0 Å². The fourth-order valence-corrected chi connectivity index (χ4v) is 4.01. The number of phenolic OH excluding ortho intramolecular Hbond substituents is 1. The van der Waals surface area contributed by atoms with E-state index >= 15 is 0 Å². The van der Waals surface area contributed by atoms with Crippen molar-refractivity contribution in [3.05, 3.63) is 88.3 Å². The molecule has 32 heavy (non-hydrogen) atoms. The van der Waals surface area contributed by atoms with Gasteiger partial charge in [0.25, 0.3) is 5.91 Å². The molecule has 0 aliphatic heterocycles. The van der Waals surface area contributed by atoms with Crippen molar-refractivity contribution in [3.8, 4) is 33.5 Å². The van der Waals surface area contributed by atoms with Crippen molar-refractivity contribution in [2.45, 2.75) is 0 Å². The average Bonchev–Trinajstić information content (AvgIpc) is 3.46. The first-order valence-corrected chi connectivity index (χ1v) is 10.5. The average molecular weight is 449 g/mol. The van der Waals surface area contributed by atoms with Crippen LogP contribution >= 0.6 is 11.3 Å². The molecule has 0 aliphatic rings. The van der Waals surface area contributed by atoms with Crippen molar-refractivity contribution in [2.24, 2.45) is 0 Å². The summed E-state index contributed by atoms with van der Waals surface area (Å²) in [5, 5.41) is 12.0. The number of allylic oxidation sites excluding steroid dienone is 1. The SMILES string of the molecule is COc1cc(/C=C/C(=O)n2c(-c3cccs3)cn(-c3ccccc3)c2=O)cc(OC)c1O. The van der Waals surface area contributed by atoms with Crippen LogP contribution in [0.5, 0.6) is 17.2 Å². The van der Waals surface area contributed by atoms with Crippen molar-refractivity contribution < 1.29 is 19.4 Å². The molecule has 2 aromatic heterocycles. The number of hydrogen-bond acceptors (Lipinski definition) is 6. The maximum absolute atomic E-state index is 13.2. The number of para-hydroxylation sites is 1. The summed E-state index contributed by atoms with van der Waals surface area (Å²) < 4.78 is 12.9. The number of carbonyl (C=O) groups is 1. The number of hydrogen-bond donors (Lipinski definition) is 1. The molecule has 0 radical (unpaired) electrons. The third-order valence-corrected chi connectivity index (χ3v) is 5.73. The molecule has 0 bridgehead atoms. The Kier molecular flexibility index (Phi) is 5.96. The van der Waals surface area contributed by atoms with Crippen LogP contribution in [0.1, 0.15) is 10.4 Å². The Labute approximate surface area is 188 Å². The van der Waals surface area contributed by atoms with Gasteiger partial charge in [0, 0.05) is 12.3 Å². The van der Waals surface area contributed by atoms with Crippen LogP contribution in [0.15, 0.2) is 77.0 Å². The summed E-state index contributed by atoms with van der Waals surface area (Å²) in [6.07, 6.45) is 4.51. The molecule has 8 heteroatoms. The molecule has 0 saturated carbocycles. The number of methoxy groups -OCH3 is 2. The van der Waals surface area contributed by atoms with Crippen LogP contribution in [0.4, 0.5) is 0 Å².